The highest BCUT2D eigenvalue weighted by Crippen LogP contribution is 2.55. The van der Waals surface area contributed by atoms with Gasteiger partial charge in [0.05, 0.1) is 16.9 Å². The summed E-state index contributed by atoms with van der Waals surface area (Å²) in [6.07, 6.45) is 3.80. The number of rotatable bonds is 3. The molecule has 164 valence electrons. The molecule has 5 rings (SSSR count). The second kappa shape index (κ2) is 7.10. The average Bonchev–Trinajstić information content (AvgIpc) is 3.28. The molecule has 2 aliphatic heterocycles. The highest BCUT2D eigenvalue weighted by atomic mass is 35.5. The number of aryl methyl sites for hydroxylation is 1. The van der Waals surface area contributed by atoms with Crippen LogP contribution in [0, 0.1) is 12.8 Å². The van der Waals surface area contributed by atoms with Crippen molar-refractivity contribution in [1.82, 2.24) is 25.6 Å². The minimum atomic E-state index is -0.575. The van der Waals surface area contributed by atoms with E-state index < -0.39 is 11.5 Å². The molecule has 2 amide bonds. The summed E-state index contributed by atoms with van der Waals surface area (Å²) in [5.74, 6) is 0.976. The Bertz CT molecular complexity index is 1080. The fourth-order valence-corrected chi connectivity index (χ4v) is 5.16. The number of fused-ring (bicyclic) bond motifs is 2. The van der Waals surface area contributed by atoms with Gasteiger partial charge in [-0.25, -0.2) is 4.79 Å². The number of carbonyl (C=O) groups excluding carboxylic acids is 1. The van der Waals surface area contributed by atoms with Crippen molar-refractivity contribution in [2.75, 3.05) is 17.4 Å². The van der Waals surface area contributed by atoms with Crippen LogP contribution in [-0.2, 0) is 5.54 Å². The quantitative estimate of drug-likeness (QED) is 0.689. The van der Waals surface area contributed by atoms with Crippen molar-refractivity contribution in [2.24, 2.45) is 5.92 Å². The summed E-state index contributed by atoms with van der Waals surface area (Å²) in [6.45, 7) is 3.92. The first-order valence-corrected chi connectivity index (χ1v) is 10.5. The van der Waals surface area contributed by atoms with Gasteiger partial charge in [0.1, 0.15) is 5.54 Å². The smallest absolute Gasteiger partial charge is 0.323 e. The molecule has 1 saturated heterocycles. The van der Waals surface area contributed by atoms with E-state index in [0.29, 0.717) is 34.1 Å². The van der Waals surface area contributed by atoms with Crippen molar-refractivity contribution in [3.8, 4) is 0 Å². The topological polar surface area (TPSA) is 89.8 Å². The number of urea groups is 1. The molecule has 11 heteroatoms. The highest BCUT2D eigenvalue weighted by molar-refractivity contribution is 6.33. The molecule has 3 atom stereocenters. The standard InChI is InChI=1S/C20H23ClFN7O2/c1-11-6-14-9-20(8-11,18-25-24-12(2)31-18)29(14)19(30)23-13-4-5-15(21)16(7-13)28-10-17(22)27(3)26-28/h4-5,7,10-11,14,26H,6,8-9H2,1-3H3,(H,23,30)/t11-,14?,20?/m0/s1. The van der Waals surface area contributed by atoms with Crippen LogP contribution in [0.25, 0.3) is 0 Å². The minimum Gasteiger partial charge on any atom is -0.423 e. The maximum Gasteiger partial charge on any atom is 0.323 e. The molecular formula is C20H23ClFN7O2. The molecule has 2 fully saturated rings. The molecule has 2 unspecified atom stereocenters. The molecule has 0 radical (unpaired) electrons. The van der Waals surface area contributed by atoms with Crippen LogP contribution in [0.1, 0.15) is 38.0 Å². The lowest BCUT2D eigenvalue weighted by molar-refractivity contribution is -0.110. The summed E-state index contributed by atoms with van der Waals surface area (Å²) in [5, 5.41) is 14.2. The van der Waals surface area contributed by atoms with E-state index in [1.807, 2.05) is 4.90 Å². The fraction of sp³-hybridized carbons (Fsp3) is 0.450. The van der Waals surface area contributed by atoms with E-state index >= 15 is 0 Å². The molecule has 2 aromatic rings. The second-order valence-corrected chi connectivity index (χ2v) is 8.92. The largest absolute Gasteiger partial charge is 0.423 e. The molecule has 1 aliphatic carbocycles. The van der Waals surface area contributed by atoms with Crippen molar-refractivity contribution >= 4 is 29.0 Å². The van der Waals surface area contributed by atoms with Crippen LogP contribution in [0.2, 0.25) is 5.02 Å². The van der Waals surface area contributed by atoms with Crippen LogP contribution in [0.5, 0.6) is 0 Å². The first kappa shape index (κ1) is 20.1. The maximum atomic E-state index is 13.8. The first-order chi connectivity index (χ1) is 14.8. The van der Waals surface area contributed by atoms with Gasteiger partial charge in [-0.05, 0) is 37.0 Å². The lowest BCUT2D eigenvalue weighted by Gasteiger charge is -2.61. The molecule has 2 bridgehead atoms. The number of likely N-dealkylation sites (tertiary alicyclic amines) is 1. The maximum absolute atomic E-state index is 13.8. The fourth-order valence-electron chi connectivity index (χ4n) is 4.95. The lowest BCUT2D eigenvalue weighted by atomic mass is 9.64. The number of hydrazine groups is 2. The van der Waals surface area contributed by atoms with E-state index in [4.69, 9.17) is 16.0 Å². The number of hydrogen-bond acceptors (Lipinski definition) is 7. The second-order valence-electron chi connectivity index (χ2n) is 8.51. The minimum absolute atomic E-state index is 0.119. The molecule has 1 saturated carbocycles. The molecule has 3 aliphatic rings. The van der Waals surface area contributed by atoms with E-state index in [1.54, 1.807) is 32.2 Å². The van der Waals surface area contributed by atoms with Crippen molar-refractivity contribution < 1.29 is 13.6 Å². The van der Waals surface area contributed by atoms with Gasteiger partial charge in [0.15, 0.2) is 0 Å². The summed E-state index contributed by atoms with van der Waals surface area (Å²) < 4.78 is 19.5. The van der Waals surface area contributed by atoms with Crippen molar-refractivity contribution in [2.45, 2.75) is 44.7 Å². The number of halogens is 2. The summed E-state index contributed by atoms with van der Waals surface area (Å²) in [5.41, 5.74) is 3.30. The van der Waals surface area contributed by atoms with Gasteiger partial charge in [-0.15, -0.1) is 15.7 Å². The number of amides is 2. The molecule has 1 aromatic carbocycles. The summed E-state index contributed by atoms with van der Waals surface area (Å²) >= 11 is 6.31. The van der Waals surface area contributed by atoms with E-state index in [1.165, 1.54) is 16.2 Å². The van der Waals surface area contributed by atoms with Gasteiger partial charge in [0, 0.05) is 32.1 Å². The number of benzene rings is 1. The zero-order valence-electron chi connectivity index (χ0n) is 17.4. The molecule has 2 N–H and O–H groups in total. The number of hydrogen-bond donors (Lipinski definition) is 2. The molecular weight excluding hydrogens is 425 g/mol. The van der Waals surface area contributed by atoms with Crippen LogP contribution in [0.15, 0.2) is 34.8 Å². The Labute approximate surface area is 183 Å². The first-order valence-electron chi connectivity index (χ1n) is 10.1. The molecule has 31 heavy (non-hydrogen) atoms. The van der Waals surface area contributed by atoms with E-state index in [0.717, 1.165) is 19.3 Å². The molecule has 9 nitrogen and oxygen atoms in total. The number of nitrogens with zero attached hydrogens (tertiary/aromatic N) is 5. The zero-order valence-corrected chi connectivity index (χ0v) is 18.1. The van der Waals surface area contributed by atoms with Crippen LogP contribution >= 0.6 is 11.6 Å². The van der Waals surface area contributed by atoms with Gasteiger partial charge < -0.3 is 14.6 Å². The van der Waals surface area contributed by atoms with Crippen LogP contribution in [0.3, 0.4) is 0 Å². The SMILES string of the molecule is Cc1nnc(C23CC(C[C@H](C)C2)N3C(=O)Nc2ccc(Cl)c(N3C=C(F)N(C)N3)c2)o1. The van der Waals surface area contributed by atoms with E-state index in [9.17, 15) is 9.18 Å². The van der Waals surface area contributed by atoms with Crippen molar-refractivity contribution in [3.05, 3.63) is 47.2 Å². The number of carbonyl (C=O) groups is 1. The van der Waals surface area contributed by atoms with Gasteiger partial charge in [-0.3, -0.25) is 10.0 Å². The predicted molar refractivity (Wildman–Crippen MR) is 112 cm³/mol. The highest BCUT2D eigenvalue weighted by Gasteiger charge is 2.62. The number of nitrogens with one attached hydrogen (secondary N) is 2. The Kier molecular flexibility index (Phi) is 4.60. The Morgan fingerprint density at radius 3 is 2.87 bits per heavy atom. The third kappa shape index (κ3) is 3.21. The normalized spacial score (nSPS) is 27.3. The average molecular weight is 448 g/mol. The summed E-state index contributed by atoms with van der Waals surface area (Å²) in [6, 6.07) is 4.95. The molecule has 1 aromatic heterocycles. The van der Waals surface area contributed by atoms with Gasteiger partial charge in [0.25, 0.3) is 0 Å². The molecule has 0 spiro atoms. The van der Waals surface area contributed by atoms with Gasteiger partial charge in [-0.2, -0.15) is 4.39 Å². The number of anilines is 2. The summed E-state index contributed by atoms with van der Waals surface area (Å²) in [7, 11) is 1.55. The predicted octanol–water partition coefficient (Wildman–Crippen LogP) is 3.90. The van der Waals surface area contributed by atoms with Gasteiger partial charge >= 0.3 is 6.03 Å². The molecule has 3 heterocycles. The van der Waals surface area contributed by atoms with Crippen LogP contribution in [0.4, 0.5) is 20.6 Å². The van der Waals surface area contributed by atoms with E-state index in [2.05, 4.69) is 28.0 Å². The van der Waals surface area contributed by atoms with Gasteiger partial charge in [-0.1, -0.05) is 18.5 Å². The number of piperidine rings is 1. The van der Waals surface area contributed by atoms with Crippen LogP contribution in [-0.4, -0.2) is 39.2 Å². The Morgan fingerprint density at radius 2 is 2.19 bits per heavy atom. The zero-order chi connectivity index (χ0) is 21.9. The third-order valence-corrected chi connectivity index (χ3v) is 6.49. The third-order valence-electron chi connectivity index (χ3n) is 6.17. The van der Waals surface area contributed by atoms with Gasteiger partial charge in [0.2, 0.25) is 17.7 Å². The summed E-state index contributed by atoms with van der Waals surface area (Å²) in [4.78, 5) is 15.1. The number of aromatic nitrogens is 2. The Hall–Kier alpha value is -2.85. The lowest BCUT2D eigenvalue weighted by Crippen LogP contribution is -2.70. The van der Waals surface area contributed by atoms with Crippen LogP contribution < -0.4 is 15.9 Å². The van der Waals surface area contributed by atoms with Crippen molar-refractivity contribution in [3.63, 3.8) is 0 Å². The van der Waals surface area contributed by atoms with Crippen molar-refractivity contribution in [1.29, 1.82) is 0 Å². The van der Waals surface area contributed by atoms with E-state index in [-0.39, 0.29) is 12.1 Å². The monoisotopic (exact) mass is 447 g/mol. The Balaban J connectivity index is 1.40. The Morgan fingerprint density at radius 1 is 1.39 bits per heavy atom.